The van der Waals surface area contributed by atoms with Crippen molar-refractivity contribution in [1.29, 1.82) is 0 Å². The van der Waals surface area contributed by atoms with Gasteiger partial charge < -0.3 is 9.84 Å². The molecule has 0 amide bonds. The number of carbonyl (C=O) groups is 2. The summed E-state index contributed by atoms with van der Waals surface area (Å²) in [5.74, 6) is -3.13. The molecule has 140 valence electrons. The minimum Gasteiger partial charge on any atom is -0.481 e. The number of rotatable bonds is 6. The third-order valence-corrected chi connectivity index (χ3v) is 4.53. The van der Waals surface area contributed by atoms with Crippen LogP contribution in [0.2, 0.25) is 10.0 Å². The highest BCUT2D eigenvalue weighted by molar-refractivity contribution is 8.14. The molecule has 0 fully saturated rings. The minimum absolute atomic E-state index is 0.174. The Morgan fingerprint density at radius 3 is 2.62 bits per heavy atom. The van der Waals surface area contributed by atoms with Crippen molar-refractivity contribution in [1.82, 2.24) is 9.78 Å². The summed E-state index contributed by atoms with van der Waals surface area (Å²) in [7, 11) is 1.26. The molecule has 26 heavy (non-hydrogen) atoms. The van der Waals surface area contributed by atoms with Crippen LogP contribution in [-0.2, 0) is 11.8 Å². The molecule has 2 aromatic rings. The van der Waals surface area contributed by atoms with Gasteiger partial charge >= 0.3 is 12.6 Å². The highest BCUT2D eigenvalue weighted by Gasteiger charge is 2.24. The number of nitrogens with zero attached hydrogens (tertiary/aromatic N) is 2. The number of aromatic nitrogens is 2. The summed E-state index contributed by atoms with van der Waals surface area (Å²) in [5.41, 5.74) is -0.693. The first kappa shape index (κ1) is 20.4. The molecule has 0 radical (unpaired) electrons. The van der Waals surface area contributed by atoms with Crippen molar-refractivity contribution in [2.75, 3.05) is 5.75 Å². The number of hydrogen-bond donors (Lipinski definition) is 1. The highest BCUT2D eigenvalue weighted by atomic mass is 35.5. The minimum atomic E-state index is -3.17. The van der Waals surface area contributed by atoms with Gasteiger partial charge in [0.2, 0.25) is 11.0 Å². The van der Waals surface area contributed by atoms with Crippen molar-refractivity contribution in [3.05, 3.63) is 33.6 Å². The third kappa shape index (κ3) is 4.43. The van der Waals surface area contributed by atoms with Gasteiger partial charge in [-0.2, -0.15) is 13.9 Å². The van der Waals surface area contributed by atoms with E-state index in [9.17, 15) is 22.8 Å². The second kappa shape index (κ2) is 8.19. The SMILES string of the molecule is Cn1nc(-c2cc(C(=O)SCC(=O)O)c(Cl)cc2F)c(Cl)c1OC(F)F. The molecule has 12 heteroatoms. The average Bonchev–Trinajstić information content (AvgIpc) is 2.80. The van der Waals surface area contributed by atoms with Crippen LogP contribution >= 0.6 is 35.0 Å². The van der Waals surface area contributed by atoms with Gasteiger partial charge in [-0.1, -0.05) is 35.0 Å². The van der Waals surface area contributed by atoms with E-state index in [0.29, 0.717) is 11.8 Å². The van der Waals surface area contributed by atoms with Gasteiger partial charge in [-0.25, -0.2) is 9.07 Å². The van der Waals surface area contributed by atoms with Crippen LogP contribution in [0.3, 0.4) is 0 Å². The number of aliphatic carboxylic acids is 1. The van der Waals surface area contributed by atoms with E-state index in [4.69, 9.17) is 28.3 Å². The largest absolute Gasteiger partial charge is 0.481 e. The zero-order valence-corrected chi connectivity index (χ0v) is 15.1. The van der Waals surface area contributed by atoms with Crippen LogP contribution in [-0.4, -0.2) is 38.3 Å². The van der Waals surface area contributed by atoms with Crippen molar-refractivity contribution >= 4 is 46.0 Å². The first-order valence-corrected chi connectivity index (χ1v) is 8.41. The molecule has 0 aliphatic heterocycles. The Balaban J connectivity index is 2.49. The zero-order chi connectivity index (χ0) is 19.6. The van der Waals surface area contributed by atoms with E-state index >= 15 is 0 Å². The third-order valence-electron chi connectivity index (χ3n) is 3.00. The lowest BCUT2D eigenvalue weighted by Gasteiger charge is -2.07. The number of carboxylic acid groups (broad SMARTS) is 1. The molecule has 1 aromatic heterocycles. The number of benzene rings is 1. The van der Waals surface area contributed by atoms with Gasteiger partial charge in [0.25, 0.3) is 0 Å². The molecule has 0 aliphatic carbocycles. The molecule has 2 rings (SSSR count). The summed E-state index contributed by atoms with van der Waals surface area (Å²) in [5, 5.41) is 11.1. The Bertz CT molecular complexity index is 876. The summed E-state index contributed by atoms with van der Waals surface area (Å²) in [6.45, 7) is -3.17. The normalized spacial score (nSPS) is 11.0. The number of alkyl halides is 2. The fourth-order valence-electron chi connectivity index (χ4n) is 1.96. The van der Waals surface area contributed by atoms with Crippen LogP contribution in [0.5, 0.6) is 5.88 Å². The van der Waals surface area contributed by atoms with Gasteiger partial charge in [0, 0.05) is 18.2 Å². The molecule has 0 atom stereocenters. The predicted molar refractivity (Wildman–Crippen MR) is 89.7 cm³/mol. The molecule has 0 saturated heterocycles. The fraction of sp³-hybridized carbons (Fsp3) is 0.214. The van der Waals surface area contributed by atoms with Crippen molar-refractivity contribution in [3.8, 4) is 17.1 Å². The second-order valence-corrected chi connectivity index (χ2v) is 6.48. The molecule has 1 aromatic carbocycles. The van der Waals surface area contributed by atoms with E-state index in [1.54, 1.807) is 0 Å². The first-order chi connectivity index (χ1) is 12.1. The molecule has 1 N–H and O–H groups in total. The van der Waals surface area contributed by atoms with Crippen LogP contribution in [0.4, 0.5) is 13.2 Å². The maximum absolute atomic E-state index is 14.3. The monoisotopic (exact) mass is 428 g/mol. The maximum atomic E-state index is 14.3. The Morgan fingerprint density at radius 2 is 2.04 bits per heavy atom. The highest BCUT2D eigenvalue weighted by Crippen LogP contribution is 2.38. The Labute approximate surface area is 158 Å². The molecule has 6 nitrogen and oxygen atoms in total. The molecular weight excluding hydrogens is 420 g/mol. The van der Waals surface area contributed by atoms with Gasteiger partial charge in [0.05, 0.1) is 10.8 Å². The van der Waals surface area contributed by atoms with Gasteiger partial charge in [-0.15, -0.1) is 0 Å². The molecular formula is C14H9Cl2F3N2O4S. The van der Waals surface area contributed by atoms with Crippen LogP contribution < -0.4 is 4.74 Å². The van der Waals surface area contributed by atoms with E-state index in [-0.39, 0.29) is 26.9 Å². The lowest BCUT2D eigenvalue weighted by atomic mass is 10.1. The van der Waals surface area contributed by atoms with Crippen LogP contribution in [0.25, 0.3) is 11.3 Å². The Morgan fingerprint density at radius 1 is 1.38 bits per heavy atom. The number of ether oxygens (including phenoxy) is 1. The van der Waals surface area contributed by atoms with Crippen molar-refractivity contribution in [3.63, 3.8) is 0 Å². The topological polar surface area (TPSA) is 81.4 Å². The average molecular weight is 429 g/mol. The second-order valence-electron chi connectivity index (χ2n) is 4.75. The molecule has 1 heterocycles. The summed E-state index contributed by atoms with van der Waals surface area (Å²) in [6.07, 6.45) is 0. The summed E-state index contributed by atoms with van der Waals surface area (Å²) >= 11 is 12.2. The van der Waals surface area contributed by atoms with Gasteiger partial charge in [-0.05, 0) is 12.1 Å². The van der Waals surface area contributed by atoms with Crippen molar-refractivity contribution in [2.24, 2.45) is 7.05 Å². The molecule has 0 bridgehead atoms. The predicted octanol–water partition coefficient (Wildman–Crippen LogP) is 4.09. The molecule has 0 unspecified atom stereocenters. The van der Waals surface area contributed by atoms with E-state index in [0.717, 1.165) is 16.8 Å². The number of carboxylic acids is 1. The lowest BCUT2D eigenvalue weighted by Crippen LogP contribution is -2.06. The molecule has 0 spiro atoms. The number of thioether (sulfide) groups is 1. The Kier molecular flexibility index (Phi) is 6.43. The first-order valence-electron chi connectivity index (χ1n) is 6.67. The maximum Gasteiger partial charge on any atom is 0.388 e. The standard InChI is InChI=1S/C14H9Cl2F3N2O4S/c1-21-12(25-14(18)19)10(16)11(20-21)6-2-5(7(15)3-8(6)17)13(24)26-4-9(22)23/h2-3,14H,4H2,1H3,(H,22,23). The van der Waals surface area contributed by atoms with Crippen LogP contribution in [0.1, 0.15) is 10.4 Å². The van der Waals surface area contributed by atoms with Crippen LogP contribution in [0.15, 0.2) is 12.1 Å². The zero-order valence-electron chi connectivity index (χ0n) is 12.8. The Hall–Kier alpha value is -1.91. The number of carbonyl (C=O) groups excluding carboxylic acids is 1. The number of hydrogen-bond acceptors (Lipinski definition) is 5. The quantitative estimate of drug-likeness (QED) is 0.745. The van der Waals surface area contributed by atoms with Crippen molar-refractivity contribution in [2.45, 2.75) is 6.61 Å². The van der Waals surface area contributed by atoms with E-state index in [2.05, 4.69) is 9.84 Å². The van der Waals surface area contributed by atoms with E-state index in [1.165, 1.54) is 7.05 Å². The molecule has 0 aliphatic rings. The van der Waals surface area contributed by atoms with Gasteiger partial charge in [-0.3, -0.25) is 9.59 Å². The summed E-state index contributed by atoms with van der Waals surface area (Å²) < 4.78 is 44.3. The fourth-order valence-corrected chi connectivity index (χ4v) is 3.14. The van der Waals surface area contributed by atoms with Crippen LogP contribution in [0, 0.1) is 5.82 Å². The smallest absolute Gasteiger partial charge is 0.388 e. The molecule has 0 saturated carbocycles. The summed E-state index contributed by atoms with van der Waals surface area (Å²) in [6, 6.07) is 1.85. The number of aryl methyl sites for hydroxylation is 1. The van der Waals surface area contributed by atoms with Gasteiger partial charge in [0.15, 0.2) is 0 Å². The van der Waals surface area contributed by atoms with Crippen molar-refractivity contribution < 1.29 is 32.6 Å². The summed E-state index contributed by atoms with van der Waals surface area (Å²) in [4.78, 5) is 22.6. The lowest BCUT2D eigenvalue weighted by molar-refractivity contribution is -0.133. The van der Waals surface area contributed by atoms with Gasteiger partial charge in [0.1, 0.15) is 16.5 Å². The van der Waals surface area contributed by atoms with E-state index in [1.807, 2.05) is 0 Å². The number of halogens is 5. The van der Waals surface area contributed by atoms with E-state index < -0.39 is 35.1 Å².